The van der Waals surface area contributed by atoms with E-state index in [9.17, 15) is 21.6 Å². The standard InChI is InChI=1S/C28H31N3O5S2.ClH/c1-29(28(32)17-10-23-8-13-26(14-9-23)37(2,33)34)25-11-15-27(16-12-25)38(35,36)31-20-18-30(19-21-31)22-24-6-4-3-5-7-24;/h3-17H,18-22H2,1-2H3;1H/b17-10+;. The van der Waals surface area contributed by atoms with Gasteiger partial charge in [-0.2, -0.15) is 4.31 Å². The Morgan fingerprint density at radius 3 is 1.95 bits per heavy atom. The average Bonchev–Trinajstić information content (AvgIpc) is 2.92. The van der Waals surface area contributed by atoms with Crippen LogP contribution in [0.4, 0.5) is 5.69 Å². The Labute approximate surface area is 236 Å². The molecule has 1 aliphatic rings. The maximum absolute atomic E-state index is 13.2. The van der Waals surface area contributed by atoms with Crippen molar-refractivity contribution in [2.75, 3.05) is 44.4 Å². The van der Waals surface area contributed by atoms with Gasteiger partial charge in [0.2, 0.25) is 10.0 Å². The van der Waals surface area contributed by atoms with Crippen molar-refractivity contribution in [3.8, 4) is 0 Å². The number of carbonyl (C=O) groups is 1. The first-order chi connectivity index (χ1) is 18.0. The quantitative estimate of drug-likeness (QED) is 0.372. The monoisotopic (exact) mass is 589 g/mol. The Hall–Kier alpha value is -3.02. The van der Waals surface area contributed by atoms with Crippen LogP contribution in [-0.4, -0.2) is 71.4 Å². The van der Waals surface area contributed by atoms with Crippen molar-refractivity contribution in [1.82, 2.24) is 9.21 Å². The van der Waals surface area contributed by atoms with Gasteiger partial charge in [0.15, 0.2) is 9.84 Å². The van der Waals surface area contributed by atoms with Crippen LogP contribution in [0.3, 0.4) is 0 Å². The summed E-state index contributed by atoms with van der Waals surface area (Å²) in [4.78, 5) is 16.7. The predicted octanol–water partition coefficient (Wildman–Crippen LogP) is 3.69. The molecular formula is C28H32ClN3O5S2. The summed E-state index contributed by atoms with van der Waals surface area (Å²) in [5.41, 5.74) is 2.45. The molecule has 1 saturated heterocycles. The van der Waals surface area contributed by atoms with E-state index in [1.165, 1.54) is 45.1 Å². The number of rotatable bonds is 8. The lowest BCUT2D eigenvalue weighted by atomic mass is 10.2. The van der Waals surface area contributed by atoms with Crippen molar-refractivity contribution in [3.63, 3.8) is 0 Å². The molecule has 0 N–H and O–H groups in total. The van der Waals surface area contributed by atoms with Gasteiger partial charge in [0.05, 0.1) is 9.79 Å². The summed E-state index contributed by atoms with van der Waals surface area (Å²) in [5.74, 6) is -0.303. The number of likely N-dealkylation sites (N-methyl/N-ethyl adjacent to an activating group) is 1. The summed E-state index contributed by atoms with van der Waals surface area (Å²) in [6.45, 7) is 2.96. The molecule has 1 fully saturated rings. The van der Waals surface area contributed by atoms with Crippen LogP contribution in [-0.2, 0) is 31.2 Å². The summed E-state index contributed by atoms with van der Waals surface area (Å²) in [7, 11) is -5.31. The van der Waals surface area contributed by atoms with Gasteiger partial charge in [-0.15, -0.1) is 12.4 Å². The third-order valence-electron chi connectivity index (χ3n) is 6.50. The van der Waals surface area contributed by atoms with Crippen molar-refractivity contribution in [1.29, 1.82) is 0 Å². The SMILES string of the molecule is CN(C(=O)/C=C/c1ccc(S(C)(=O)=O)cc1)c1ccc(S(=O)(=O)N2CCN(Cc3ccccc3)CC2)cc1.Cl. The van der Waals surface area contributed by atoms with Gasteiger partial charge in [0.25, 0.3) is 5.91 Å². The summed E-state index contributed by atoms with van der Waals surface area (Å²) in [6, 6.07) is 22.6. The molecule has 0 aliphatic carbocycles. The maximum atomic E-state index is 13.2. The normalized spacial score (nSPS) is 15.1. The van der Waals surface area contributed by atoms with E-state index in [1.54, 1.807) is 37.4 Å². The molecule has 4 rings (SSSR count). The van der Waals surface area contributed by atoms with Crippen LogP contribution >= 0.6 is 12.4 Å². The highest BCUT2D eigenvalue weighted by molar-refractivity contribution is 7.90. The molecule has 0 bridgehead atoms. The lowest BCUT2D eigenvalue weighted by molar-refractivity contribution is -0.113. The van der Waals surface area contributed by atoms with E-state index in [0.29, 0.717) is 37.4 Å². The highest BCUT2D eigenvalue weighted by Crippen LogP contribution is 2.22. The summed E-state index contributed by atoms with van der Waals surface area (Å²) >= 11 is 0. The van der Waals surface area contributed by atoms with E-state index in [2.05, 4.69) is 17.0 Å². The van der Waals surface area contributed by atoms with Crippen LogP contribution in [0.25, 0.3) is 6.08 Å². The van der Waals surface area contributed by atoms with Crippen molar-refractivity contribution in [2.45, 2.75) is 16.3 Å². The second-order valence-electron chi connectivity index (χ2n) is 9.23. The highest BCUT2D eigenvalue weighted by atomic mass is 35.5. The molecule has 0 aromatic heterocycles. The van der Waals surface area contributed by atoms with Crippen LogP contribution in [0, 0.1) is 0 Å². The summed E-state index contributed by atoms with van der Waals surface area (Å²) in [5, 5.41) is 0. The Kier molecular flexibility index (Phi) is 10.1. The minimum atomic E-state index is -3.63. The van der Waals surface area contributed by atoms with Gasteiger partial charge in [-0.05, 0) is 53.6 Å². The number of piperazine rings is 1. The minimum Gasteiger partial charge on any atom is -0.312 e. The van der Waals surface area contributed by atoms with Crippen molar-refractivity contribution in [2.24, 2.45) is 0 Å². The Morgan fingerprint density at radius 1 is 0.821 bits per heavy atom. The molecule has 0 atom stereocenters. The van der Waals surface area contributed by atoms with Crippen LogP contribution in [0.1, 0.15) is 11.1 Å². The molecule has 1 heterocycles. The third kappa shape index (κ3) is 7.77. The molecule has 0 unspecified atom stereocenters. The van der Waals surface area contributed by atoms with E-state index < -0.39 is 19.9 Å². The zero-order chi connectivity index (χ0) is 27.3. The molecule has 39 heavy (non-hydrogen) atoms. The summed E-state index contributed by atoms with van der Waals surface area (Å²) < 4.78 is 51.1. The molecule has 208 valence electrons. The second-order valence-corrected chi connectivity index (χ2v) is 13.2. The fourth-order valence-electron chi connectivity index (χ4n) is 4.19. The smallest absolute Gasteiger partial charge is 0.250 e. The number of hydrogen-bond donors (Lipinski definition) is 0. The van der Waals surface area contributed by atoms with Gasteiger partial charge in [0.1, 0.15) is 0 Å². The zero-order valence-corrected chi connectivity index (χ0v) is 24.3. The molecule has 0 radical (unpaired) electrons. The lowest BCUT2D eigenvalue weighted by Gasteiger charge is -2.34. The van der Waals surface area contributed by atoms with E-state index in [1.807, 2.05) is 18.2 Å². The number of sulfonamides is 1. The van der Waals surface area contributed by atoms with Crippen LogP contribution < -0.4 is 4.90 Å². The van der Waals surface area contributed by atoms with Crippen LogP contribution in [0.15, 0.2) is 94.7 Å². The Morgan fingerprint density at radius 2 is 1.38 bits per heavy atom. The first kappa shape index (κ1) is 30.5. The number of hydrogen-bond acceptors (Lipinski definition) is 6. The fraction of sp³-hybridized carbons (Fsp3) is 0.250. The maximum Gasteiger partial charge on any atom is 0.250 e. The Bertz CT molecular complexity index is 1500. The largest absolute Gasteiger partial charge is 0.312 e. The van der Waals surface area contributed by atoms with Gasteiger partial charge in [-0.3, -0.25) is 9.69 Å². The number of halogens is 1. The average molecular weight is 590 g/mol. The van der Waals surface area contributed by atoms with Gasteiger partial charge in [-0.1, -0.05) is 42.5 Å². The molecule has 0 spiro atoms. The van der Waals surface area contributed by atoms with Crippen molar-refractivity contribution >= 4 is 49.9 Å². The molecule has 3 aromatic carbocycles. The van der Waals surface area contributed by atoms with Crippen molar-refractivity contribution < 1.29 is 21.6 Å². The van der Waals surface area contributed by atoms with Gasteiger partial charge < -0.3 is 4.90 Å². The number of nitrogens with zero attached hydrogens (tertiary/aromatic N) is 3. The number of benzene rings is 3. The van der Waals surface area contributed by atoms with E-state index in [-0.39, 0.29) is 28.1 Å². The first-order valence-electron chi connectivity index (χ1n) is 12.2. The van der Waals surface area contributed by atoms with E-state index in [4.69, 9.17) is 0 Å². The van der Waals surface area contributed by atoms with E-state index in [0.717, 1.165) is 12.8 Å². The molecule has 3 aromatic rings. The third-order valence-corrected chi connectivity index (χ3v) is 9.54. The molecule has 11 heteroatoms. The van der Waals surface area contributed by atoms with Gasteiger partial charge in [0, 0.05) is 57.8 Å². The second kappa shape index (κ2) is 12.9. The van der Waals surface area contributed by atoms with Gasteiger partial charge >= 0.3 is 0 Å². The number of amides is 1. The number of carbonyl (C=O) groups excluding carboxylic acids is 1. The molecule has 1 amide bonds. The van der Waals surface area contributed by atoms with Gasteiger partial charge in [-0.25, -0.2) is 16.8 Å². The minimum absolute atomic E-state index is 0. The molecule has 1 aliphatic heterocycles. The molecular weight excluding hydrogens is 558 g/mol. The van der Waals surface area contributed by atoms with Crippen LogP contribution in [0.2, 0.25) is 0 Å². The predicted molar refractivity (Wildman–Crippen MR) is 156 cm³/mol. The summed E-state index contributed by atoms with van der Waals surface area (Å²) in [6.07, 6.45) is 4.12. The number of sulfone groups is 1. The highest BCUT2D eigenvalue weighted by Gasteiger charge is 2.28. The topological polar surface area (TPSA) is 95.1 Å². The zero-order valence-electron chi connectivity index (χ0n) is 21.8. The van der Waals surface area contributed by atoms with E-state index >= 15 is 0 Å². The fourth-order valence-corrected chi connectivity index (χ4v) is 6.25. The van der Waals surface area contributed by atoms with Crippen LogP contribution in [0.5, 0.6) is 0 Å². The number of anilines is 1. The Balaban J connectivity index is 0.00000420. The van der Waals surface area contributed by atoms with Crippen molar-refractivity contribution in [3.05, 3.63) is 96.1 Å². The molecule has 8 nitrogen and oxygen atoms in total. The lowest BCUT2D eigenvalue weighted by Crippen LogP contribution is -2.48. The molecule has 0 saturated carbocycles. The first-order valence-corrected chi connectivity index (χ1v) is 15.5.